The third-order valence-electron chi connectivity index (χ3n) is 5.28. The van der Waals surface area contributed by atoms with Gasteiger partial charge in [-0.25, -0.2) is 0 Å². The summed E-state index contributed by atoms with van der Waals surface area (Å²) >= 11 is 0. The fourth-order valence-corrected chi connectivity index (χ4v) is 3.79. The van der Waals surface area contributed by atoms with Gasteiger partial charge in [0.05, 0.1) is 19.3 Å². The van der Waals surface area contributed by atoms with Crippen molar-refractivity contribution in [1.82, 2.24) is 4.90 Å². The molecule has 2 aliphatic rings. The lowest BCUT2D eigenvalue weighted by Crippen LogP contribution is -2.30. The fourth-order valence-electron chi connectivity index (χ4n) is 3.79. The van der Waals surface area contributed by atoms with Crippen LogP contribution in [0, 0.1) is 0 Å². The van der Waals surface area contributed by atoms with E-state index in [-0.39, 0.29) is 11.9 Å². The van der Waals surface area contributed by atoms with E-state index in [1.165, 1.54) is 5.56 Å². The van der Waals surface area contributed by atoms with Crippen molar-refractivity contribution < 1.29 is 14.3 Å². The van der Waals surface area contributed by atoms with Crippen LogP contribution in [0.2, 0.25) is 0 Å². The van der Waals surface area contributed by atoms with Crippen molar-refractivity contribution in [3.8, 4) is 11.5 Å². The lowest BCUT2D eigenvalue weighted by molar-refractivity contribution is 0.0735. The SMILES string of the molecule is CCc1ccc(C(=O)N2CCC[C@@H]2c2ccc3c(c2)OCCCO3)cc1. The minimum Gasteiger partial charge on any atom is -0.490 e. The largest absolute Gasteiger partial charge is 0.490 e. The number of carbonyl (C=O) groups excluding carboxylic acids is 1. The zero-order valence-electron chi connectivity index (χ0n) is 15.2. The van der Waals surface area contributed by atoms with Crippen LogP contribution in [0.1, 0.15) is 53.7 Å². The molecule has 0 aromatic heterocycles. The molecule has 1 fully saturated rings. The van der Waals surface area contributed by atoms with Gasteiger partial charge in [0, 0.05) is 18.5 Å². The highest BCUT2D eigenvalue weighted by molar-refractivity contribution is 5.94. The molecule has 2 heterocycles. The van der Waals surface area contributed by atoms with Crippen molar-refractivity contribution in [2.75, 3.05) is 19.8 Å². The smallest absolute Gasteiger partial charge is 0.254 e. The lowest BCUT2D eigenvalue weighted by Gasteiger charge is -2.26. The Balaban J connectivity index is 1.58. The van der Waals surface area contributed by atoms with Crippen LogP contribution >= 0.6 is 0 Å². The molecule has 1 amide bonds. The molecule has 0 radical (unpaired) electrons. The normalized spacial score (nSPS) is 19.3. The monoisotopic (exact) mass is 351 g/mol. The Bertz CT molecular complexity index is 784. The highest BCUT2D eigenvalue weighted by Crippen LogP contribution is 2.38. The van der Waals surface area contributed by atoms with E-state index in [2.05, 4.69) is 19.1 Å². The Morgan fingerprint density at radius 1 is 1.04 bits per heavy atom. The number of benzene rings is 2. The van der Waals surface area contributed by atoms with E-state index >= 15 is 0 Å². The standard InChI is InChI=1S/C22H25NO3/c1-2-16-6-8-17(9-7-16)22(24)23-12-3-5-19(23)18-10-11-20-21(15-18)26-14-4-13-25-20/h6-11,15,19H,2-5,12-14H2,1H3/t19-/m1/s1. The molecule has 0 aliphatic carbocycles. The lowest BCUT2D eigenvalue weighted by atomic mass is 10.0. The van der Waals surface area contributed by atoms with Crippen LogP contribution < -0.4 is 9.47 Å². The Hall–Kier alpha value is -2.49. The van der Waals surface area contributed by atoms with Crippen LogP contribution in [0.15, 0.2) is 42.5 Å². The molecule has 0 unspecified atom stereocenters. The minimum absolute atomic E-state index is 0.102. The van der Waals surface area contributed by atoms with Crippen molar-refractivity contribution in [2.24, 2.45) is 0 Å². The Morgan fingerprint density at radius 3 is 2.58 bits per heavy atom. The van der Waals surface area contributed by atoms with Crippen LogP contribution in [0.4, 0.5) is 0 Å². The van der Waals surface area contributed by atoms with Gasteiger partial charge >= 0.3 is 0 Å². The van der Waals surface area contributed by atoms with E-state index < -0.39 is 0 Å². The maximum Gasteiger partial charge on any atom is 0.254 e. The summed E-state index contributed by atoms with van der Waals surface area (Å²) in [7, 11) is 0. The molecule has 1 saturated heterocycles. The zero-order valence-corrected chi connectivity index (χ0v) is 15.2. The first kappa shape index (κ1) is 17.0. The molecule has 4 heteroatoms. The second-order valence-electron chi connectivity index (χ2n) is 6.96. The number of nitrogens with zero attached hydrogens (tertiary/aromatic N) is 1. The summed E-state index contributed by atoms with van der Waals surface area (Å²) in [6, 6.07) is 14.2. The highest BCUT2D eigenvalue weighted by atomic mass is 16.5. The maximum atomic E-state index is 13.0. The van der Waals surface area contributed by atoms with Gasteiger partial charge < -0.3 is 14.4 Å². The molecule has 0 bridgehead atoms. The average molecular weight is 351 g/mol. The molecule has 2 aromatic carbocycles. The number of hydrogen-bond donors (Lipinski definition) is 0. The molecular formula is C22H25NO3. The maximum absolute atomic E-state index is 13.0. The molecule has 4 nitrogen and oxygen atoms in total. The van der Waals surface area contributed by atoms with Crippen LogP contribution in [0.5, 0.6) is 11.5 Å². The molecule has 2 aromatic rings. The van der Waals surface area contributed by atoms with Gasteiger partial charge in [-0.15, -0.1) is 0 Å². The number of aryl methyl sites for hydroxylation is 1. The van der Waals surface area contributed by atoms with Gasteiger partial charge in [0.25, 0.3) is 5.91 Å². The predicted octanol–water partition coefficient (Wildman–Crippen LogP) is 4.39. The van der Waals surface area contributed by atoms with Gasteiger partial charge in [0.2, 0.25) is 0 Å². The molecule has 136 valence electrons. The van der Waals surface area contributed by atoms with Crippen molar-refractivity contribution in [3.05, 3.63) is 59.2 Å². The Kier molecular flexibility index (Phi) is 4.83. The number of fused-ring (bicyclic) bond motifs is 1. The van der Waals surface area contributed by atoms with Gasteiger partial charge in [0.15, 0.2) is 11.5 Å². The Labute approximate surface area is 154 Å². The average Bonchev–Trinajstić information content (AvgIpc) is 3.06. The van der Waals surface area contributed by atoms with E-state index in [4.69, 9.17) is 9.47 Å². The van der Waals surface area contributed by atoms with E-state index in [0.29, 0.717) is 13.2 Å². The Morgan fingerprint density at radius 2 is 1.81 bits per heavy atom. The number of ether oxygens (including phenoxy) is 2. The molecular weight excluding hydrogens is 326 g/mol. The van der Waals surface area contributed by atoms with Gasteiger partial charge in [-0.2, -0.15) is 0 Å². The molecule has 4 rings (SSSR count). The number of likely N-dealkylation sites (tertiary alicyclic amines) is 1. The fraction of sp³-hybridized carbons (Fsp3) is 0.409. The predicted molar refractivity (Wildman–Crippen MR) is 101 cm³/mol. The van der Waals surface area contributed by atoms with Gasteiger partial charge in [-0.3, -0.25) is 4.79 Å². The number of amides is 1. The third kappa shape index (κ3) is 3.28. The van der Waals surface area contributed by atoms with Crippen LogP contribution in [-0.2, 0) is 6.42 Å². The van der Waals surface area contributed by atoms with E-state index in [1.807, 2.05) is 35.2 Å². The molecule has 0 N–H and O–H groups in total. The summed E-state index contributed by atoms with van der Waals surface area (Å²) in [4.78, 5) is 15.0. The third-order valence-corrected chi connectivity index (χ3v) is 5.28. The van der Waals surface area contributed by atoms with Crippen molar-refractivity contribution in [1.29, 1.82) is 0 Å². The molecule has 26 heavy (non-hydrogen) atoms. The second-order valence-corrected chi connectivity index (χ2v) is 6.96. The first-order chi connectivity index (χ1) is 12.8. The number of hydrogen-bond acceptors (Lipinski definition) is 3. The summed E-state index contributed by atoms with van der Waals surface area (Å²) in [6.07, 6.45) is 3.89. The molecule has 0 saturated carbocycles. The number of carbonyl (C=O) groups is 1. The van der Waals surface area contributed by atoms with Crippen LogP contribution in [0.25, 0.3) is 0 Å². The quantitative estimate of drug-likeness (QED) is 0.823. The van der Waals surface area contributed by atoms with Crippen molar-refractivity contribution in [2.45, 2.75) is 38.6 Å². The van der Waals surface area contributed by atoms with Crippen molar-refractivity contribution >= 4 is 5.91 Å². The van der Waals surface area contributed by atoms with Crippen molar-refractivity contribution in [3.63, 3.8) is 0 Å². The molecule has 0 spiro atoms. The molecule has 2 aliphatic heterocycles. The minimum atomic E-state index is 0.102. The van der Waals surface area contributed by atoms with Gasteiger partial charge in [-0.05, 0) is 54.7 Å². The molecule has 1 atom stereocenters. The second kappa shape index (κ2) is 7.40. The van der Waals surface area contributed by atoms with Crippen LogP contribution in [0.3, 0.4) is 0 Å². The highest BCUT2D eigenvalue weighted by Gasteiger charge is 2.31. The topological polar surface area (TPSA) is 38.8 Å². The van der Waals surface area contributed by atoms with E-state index in [9.17, 15) is 4.79 Å². The summed E-state index contributed by atoms with van der Waals surface area (Å²) in [5, 5.41) is 0. The van der Waals surface area contributed by atoms with Gasteiger partial charge in [0.1, 0.15) is 0 Å². The van der Waals surface area contributed by atoms with Gasteiger partial charge in [-0.1, -0.05) is 25.1 Å². The first-order valence-electron chi connectivity index (χ1n) is 9.55. The first-order valence-corrected chi connectivity index (χ1v) is 9.55. The summed E-state index contributed by atoms with van der Waals surface area (Å²) in [6.45, 7) is 4.28. The van der Waals surface area contributed by atoms with E-state index in [0.717, 1.165) is 54.9 Å². The summed E-state index contributed by atoms with van der Waals surface area (Å²) in [5.74, 6) is 1.71. The van der Waals surface area contributed by atoms with Crippen LogP contribution in [-0.4, -0.2) is 30.6 Å². The summed E-state index contributed by atoms with van der Waals surface area (Å²) in [5.41, 5.74) is 3.15. The van der Waals surface area contributed by atoms with E-state index in [1.54, 1.807) is 0 Å². The zero-order chi connectivity index (χ0) is 17.9. The summed E-state index contributed by atoms with van der Waals surface area (Å²) < 4.78 is 11.6. The number of rotatable bonds is 3.